The fraction of sp³-hybridized carbons (Fsp3) is 0.161. The molecule has 0 saturated carbocycles. The van der Waals surface area contributed by atoms with E-state index in [1.165, 1.54) is 22.0 Å². The minimum atomic E-state index is -0.944. The van der Waals surface area contributed by atoms with Crippen LogP contribution in [0.1, 0.15) is 40.5 Å². The summed E-state index contributed by atoms with van der Waals surface area (Å²) in [6.07, 6.45) is 5.97. The third kappa shape index (κ3) is 3.47. The van der Waals surface area contributed by atoms with Gasteiger partial charge in [-0.2, -0.15) is 0 Å². The van der Waals surface area contributed by atoms with Gasteiger partial charge in [0, 0.05) is 41.8 Å². The van der Waals surface area contributed by atoms with Gasteiger partial charge in [-0.1, -0.05) is 61.5 Å². The molecule has 5 nitrogen and oxygen atoms in total. The third-order valence-corrected chi connectivity index (χ3v) is 7.04. The van der Waals surface area contributed by atoms with Gasteiger partial charge < -0.3 is 14.1 Å². The molecule has 0 fully saturated rings. The highest BCUT2D eigenvalue weighted by Gasteiger charge is 2.23. The van der Waals surface area contributed by atoms with Crippen molar-refractivity contribution in [2.24, 2.45) is 0 Å². The first-order valence-electron chi connectivity index (χ1n) is 12.4. The molecule has 0 unspecified atom stereocenters. The van der Waals surface area contributed by atoms with Crippen LogP contribution in [-0.2, 0) is 13.0 Å². The molecule has 0 spiro atoms. The molecule has 0 aliphatic rings. The summed E-state index contributed by atoms with van der Waals surface area (Å²) in [4.78, 5) is 17.5. The average molecular weight is 474 g/mol. The largest absolute Gasteiger partial charge is 0.478 e. The Labute approximate surface area is 209 Å². The molecule has 3 aromatic heterocycles. The van der Waals surface area contributed by atoms with Gasteiger partial charge >= 0.3 is 5.97 Å². The number of carbonyl (C=O) groups is 1. The van der Waals surface area contributed by atoms with Gasteiger partial charge in [0.15, 0.2) is 0 Å². The van der Waals surface area contributed by atoms with Crippen LogP contribution in [0.4, 0.5) is 0 Å². The van der Waals surface area contributed by atoms with Gasteiger partial charge in [-0.25, -0.2) is 9.78 Å². The normalized spacial score (nSPS) is 11.6. The third-order valence-electron chi connectivity index (χ3n) is 7.04. The van der Waals surface area contributed by atoms with Crippen LogP contribution in [0.25, 0.3) is 38.6 Å². The standard InChI is InChI=1S/C31H27N3O2/c1-3-16-33-19-22(28-20(2)9-8-12-25(28)33)18-26-30(32-27-13-6-7-17-34(26)27)24-15-14-21-10-4-5-11-23(21)29(24)31(35)36/h4-15,17,19H,3,16,18H2,1-2H3,(H,35,36). The Morgan fingerprint density at radius 1 is 0.972 bits per heavy atom. The number of hydrogen-bond acceptors (Lipinski definition) is 2. The zero-order valence-corrected chi connectivity index (χ0v) is 20.4. The highest BCUT2D eigenvalue weighted by molar-refractivity contribution is 6.09. The van der Waals surface area contributed by atoms with E-state index in [1.807, 2.05) is 60.8 Å². The van der Waals surface area contributed by atoms with E-state index in [-0.39, 0.29) is 0 Å². The molecule has 0 atom stereocenters. The molecule has 36 heavy (non-hydrogen) atoms. The second kappa shape index (κ2) is 8.68. The zero-order chi connectivity index (χ0) is 24.8. The van der Waals surface area contributed by atoms with Crippen LogP contribution in [-0.4, -0.2) is 25.0 Å². The molecule has 1 N–H and O–H groups in total. The number of rotatable bonds is 6. The fourth-order valence-electron chi connectivity index (χ4n) is 5.50. The van der Waals surface area contributed by atoms with Crippen LogP contribution in [0.15, 0.2) is 85.2 Å². The van der Waals surface area contributed by atoms with Crippen LogP contribution in [0.2, 0.25) is 0 Å². The van der Waals surface area contributed by atoms with Crippen molar-refractivity contribution in [3.8, 4) is 11.3 Å². The Morgan fingerprint density at radius 3 is 2.64 bits per heavy atom. The predicted octanol–water partition coefficient (Wildman–Crippen LogP) is 7.12. The van der Waals surface area contributed by atoms with Gasteiger partial charge in [-0.05, 0) is 53.4 Å². The van der Waals surface area contributed by atoms with Gasteiger partial charge in [-0.3, -0.25) is 0 Å². The highest BCUT2D eigenvalue weighted by Crippen LogP contribution is 2.35. The quantitative estimate of drug-likeness (QED) is 0.280. The molecular weight excluding hydrogens is 446 g/mol. The molecule has 5 heteroatoms. The number of fused-ring (bicyclic) bond motifs is 3. The molecule has 0 amide bonds. The number of aromatic nitrogens is 3. The number of aromatic carboxylic acids is 1. The molecule has 0 saturated heterocycles. The van der Waals surface area contributed by atoms with Gasteiger partial charge in [-0.15, -0.1) is 0 Å². The summed E-state index contributed by atoms with van der Waals surface area (Å²) in [5, 5.41) is 13.2. The molecule has 0 radical (unpaired) electrons. The van der Waals surface area contributed by atoms with Gasteiger partial charge in [0.1, 0.15) is 5.65 Å². The lowest BCUT2D eigenvalue weighted by Gasteiger charge is -2.11. The predicted molar refractivity (Wildman–Crippen MR) is 145 cm³/mol. The monoisotopic (exact) mass is 473 g/mol. The molecule has 6 aromatic rings. The van der Waals surface area contributed by atoms with E-state index in [0.717, 1.165) is 35.1 Å². The lowest BCUT2D eigenvalue weighted by Crippen LogP contribution is -2.03. The van der Waals surface area contributed by atoms with Crippen molar-refractivity contribution >= 4 is 33.3 Å². The molecular formula is C31H27N3O2. The Bertz CT molecular complexity index is 1770. The molecule has 178 valence electrons. The summed E-state index contributed by atoms with van der Waals surface area (Å²) >= 11 is 0. The van der Waals surface area contributed by atoms with Gasteiger partial charge in [0.25, 0.3) is 0 Å². The number of carboxylic acids is 1. The van der Waals surface area contributed by atoms with Gasteiger partial charge in [0.2, 0.25) is 0 Å². The molecule has 0 aliphatic carbocycles. The van der Waals surface area contributed by atoms with Crippen molar-refractivity contribution in [1.29, 1.82) is 0 Å². The van der Waals surface area contributed by atoms with E-state index in [0.29, 0.717) is 23.2 Å². The van der Waals surface area contributed by atoms with E-state index in [1.54, 1.807) is 0 Å². The molecule has 3 aromatic carbocycles. The SMILES string of the molecule is CCCn1cc(Cc2c(-c3ccc4ccccc4c3C(=O)O)nc3ccccn23)c2c(C)cccc21. The second-order valence-electron chi connectivity index (χ2n) is 9.34. The van der Waals surface area contributed by atoms with E-state index < -0.39 is 5.97 Å². The second-order valence-corrected chi connectivity index (χ2v) is 9.34. The number of nitrogens with zero attached hydrogens (tertiary/aromatic N) is 3. The number of imidazole rings is 1. The van der Waals surface area contributed by atoms with Crippen LogP contribution in [0, 0.1) is 6.92 Å². The topological polar surface area (TPSA) is 59.5 Å². The molecule has 3 heterocycles. The molecule has 0 aliphatic heterocycles. The Morgan fingerprint density at radius 2 is 1.81 bits per heavy atom. The average Bonchev–Trinajstić information content (AvgIpc) is 3.43. The van der Waals surface area contributed by atoms with E-state index in [2.05, 4.69) is 47.2 Å². The van der Waals surface area contributed by atoms with Gasteiger partial charge in [0.05, 0.1) is 17.0 Å². The first-order chi connectivity index (χ1) is 17.6. The lowest BCUT2D eigenvalue weighted by molar-refractivity contribution is 0.0700. The Hall–Kier alpha value is -4.38. The minimum absolute atomic E-state index is 0.294. The first-order valence-corrected chi connectivity index (χ1v) is 12.4. The first kappa shape index (κ1) is 22.1. The van der Waals surface area contributed by atoms with Crippen LogP contribution in [0.5, 0.6) is 0 Å². The Kier molecular flexibility index (Phi) is 5.33. The van der Waals surface area contributed by atoms with Crippen molar-refractivity contribution in [1.82, 2.24) is 14.0 Å². The van der Waals surface area contributed by atoms with Crippen molar-refractivity contribution in [2.45, 2.75) is 33.2 Å². The smallest absolute Gasteiger partial charge is 0.337 e. The summed E-state index contributed by atoms with van der Waals surface area (Å²) in [6, 6.07) is 23.9. The van der Waals surface area contributed by atoms with E-state index >= 15 is 0 Å². The number of benzene rings is 3. The van der Waals surface area contributed by atoms with Crippen molar-refractivity contribution in [3.63, 3.8) is 0 Å². The lowest BCUT2D eigenvalue weighted by atomic mass is 9.94. The molecule has 0 bridgehead atoms. The maximum absolute atomic E-state index is 12.6. The summed E-state index contributed by atoms with van der Waals surface area (Å²) < 4.78 is 4.43. The van der Waals surface area contributed by atoms with E-state index in [4.69, 9.17) is 4.98 Å². The van der Waals surface area contributed by atoms with Crippen LogP contribution in [0.3, 0.4) is 0 Å². The number of pyridine rings is 1. The van der Waals surface area contributed by atoms with Crippen LogP contribution < -0.4 is 0 Å². The number of carboxylic acid groups (broad SMARTS) is 1. The van der Waals surface area contributed by atoms with Crippen LogP contribution >= 0.6 is 0 Å². The number of aryl methyl sites for hydroxylation is 2. The summed E-state index contributed by atoms with van der Waals surface area (Å²) in [6.45, 7) is 5.30. The van der Waals surface area contributed by atoms with E-state index in [9.17, 15) is 9.90 Å². The molecule has 6 rings (SSSR count). The maximum Gasteiger partial charge on any atom is 0.337 e. The fourth-order valence-corrected chi connectivity index (χ4v) is 5.50. The number of hydrogen-bond donors (Lipinski definition) is 1. The minimum Gasteiger partial charge on any atom is -0.478 e. The van der Waals surface area contributed by atoms with Crippen molar-refractivity contribution in [3.05, 3.63) is 108 Å². The maximum atomic E-state index is 12.6. The summed E-state index contributed by atoms with van der Waals surface area (Å²) in [5.74, 6) is -0.944. The Balaban J connectivity index is 1.62. The summed E-state index contributed by atoms with van der Waals surface area (Å²) in [5.41, 5.74) is 7.15. The zero-order valence-electron chi connectivity index (χ0n) is 20.4. The summed E-state index contributed by atoms with van der Waals surface area (Å²) in [7, 11) is 0. The van der Waals surface area contributed by atoms with Crippen molar-refractivity contribution < 1.29 is 9.90 Å². The highest BCUT2D eigenvalue weighted by atomic mass is 16.4. The van der Waals surface area contributed by atoms with Crippen molar-refractivity contribution in [2.75, 3.05) is 0 Å².